The van der Waals surface area contributed by atoms with Gasteiger partial charge >= 0.3 is 0 Å². The minimum Gasteiger partial charge on any atom is -0.383 e. The molecule has 6 heteroatoms. The maximum absolute atomic E-state index is 13.7. The van der Waals surface area contributed by atoms with E-state index in [0.29, 0.717) is 22.1 Å². The van der Waals surface area contributed by atoms with Gasteiger partial charge < -0.3 is 5.73 Å². The smallest absolute Gasteiger partial charge is 0.133 e. The molecule has 3 aromatic rings. The Morgan fingerprint density at radius 1 is 1.10 bits per heavy atom. The number of nitrogens with zero attached hydrogens (tertiary/aromatic N) is 2. The van der Waals surface area contributed by atoms with Crippen molar-refractivity contribution < 1.29 is 8.78 Å². The highest BCUT2D eigenvalue weighted by Gasteiger charge is 2.13. The number of nitrogens with two attached hydrogens (primary N) is 1. The lowest BCUT2D eigenvalue weighted by Gasteiger charge is -2.00. The van der Waals surface area contributed by atoms with Gasteiger partial charge in [-0.25, -0.2) is 18.7 Å². The molecule has 0 radical (unpaired) electrons. The first-order valence-electron chi connectivity index (χ1n) is 5.77. The van der Waals surface area contributed by atoms with Gasteiger partial charge in [-0.15, -0.1) is 11.3 Å². The summed E-state index contributed by atoms with van der Waals surface area (Å²) in [6.07, 6.45) is 1.58. The monoisotopic (exact) mass is 289 g/mol. The van der Waals surface area contributed by atoms with E-state index >= 15 is 0 Å². The molecule has 0 amide bonds. The van der Waals surface area contributed by atoms with Crippen LogP contribution in [0.4, 0.5) is 14.6 Å². The quantitative estimate of drug-likeness (QED) is 0.782. The molecule has 20 heavy (non-hydrogen) atoms. The van der Waals surface area contributed by atoms with E-state index in [2.05, 4.69) is 9.97 Å². The number of aromatic nitrogens is 2. The number of hydrogen-bond donors (Lipinski definition) is 1. The van der Waals surface area contributed by atoms with Crippen molar-refractivity contribution in [3.05, 3.63) is 53.5 Å². The summed E-state index contributed by atoms with van der Waals surface area (Å²) < 4.78 is 26.9. The van der Waals surface area contributed by atoms with Crippen molar-refractivity contribution in [2.75, 3.05) is 5.73 Å². The van der Waals surface area contributed by atoms with Crippen LogP contribution in [0.2, 0.25) is 0 Å². The second kappa shape index (κ2) is 4.97. The van der Waals surface area contributed by atoms with E-state index in [-0.39, 0.29) is 5.56 Å². The zero-order valence-electron chi connectivity index (χ0n) is 10.2. The molecule has 0 saturated carbocycles. The fraction of sp³-hybridized carbons (Fsp3) is 0. The van der Waals surface area contributed by atoms with E-state index in [1.54, 1.807) is 23.7 Å². The molecule has 0 spiro atoms. The second-order valence-corrected chi connectivity index (χ2v) is 4.96. The maximum Gasteiger partial charge on any atom is 0.133 e. The number of anilines is 1. The zero-order chi connectivity index (χ0) is 14.1. The molecule has 0 atom stereocenters. The first-order chi connectivity index (χ1) is 9.65. The van der Waals surface area contributed by atoms with Gasteiger partial charge in [-0.3, -0.25) is 0 Å². The molecule has 0 aliphatic heterocycles. The van der Waals surface area contributed by atoms with Crippen LogP contribution in [-0.4, -0.2) is 9.97 Å². The lowest BCUT2D eigenvalue weighted by molar-refractivity contribution is 0.603. The van der Waals surface area contributed by atoms with Crippen LogP contribution in [0.5, 0.6) is 0 Å². The highest BCUT2D eigenvalue weighted by molar-refractivity contribution is 7.13. The van der Waals surface area contributed by atoms with Crippen LogP contribution >= 0.6 is 11.3 Å². The summed E-state index contributed by atoms with van der Waals surface area (Å²) in [6.45, 7) is 0. The van der Waals surface area contributed by atoms with Gasteiger partial charge in [-0.05, 0) is 30.3 Å². The molecule has 2 N–H and O–H groups in total. The number of halogens is 2. The topological polar surface area (TPSA) is 51.8 Å². The first kappa shape index (κ1) is 12.7. The Morgan fingerprint density at radius 3 is 2.75 bits per heavy atom. The summed E-state index contributed by atoms with van der Waals surface area (Å²) in [5.41, 5.74) is 6.97. The van der Waals surface area contributed by atoms with Gasteiger partial charge in [-0.1, -0.05) is 0 Å². The fourth-order valence-electron chi connectivity index (χ4n) is 1.81. The molecule has 0 fully saturated rings. The summed E-state index contributed by atoms with van der Waals surface area (Å²) in [5.74, 6) is -0.660. The predicted octanol–water partition coefficient (Wildman–Crippen LogP) is 3.73. The van der Waals surface area contributed by atoms with Gasteiger partial charge in [0.15, 0.2) is 0 Å². The molecule has 2 heterocycles. The van der Waals surface area contributed by atoms with E-state index in [9.17, 15) is 8.78 Å². The Kier molecular flexibility index (Phi) is 3.15. The Balaban J connectivity index is 2.07. The highest BCUT2D eigenvalue weighted by atomic mass is 32.1. The van der Waals surface area contributed by atoms with E-state index in [0.717, 1.165) is 18.2 Å². The van der Waals surface area contributed by atoms with Gasteiger partial charge in [0.1, 0.15) is 22.5 Å². The van der Waals surface area contributed by atoms with Gasteiger partial charge in [0.25, 0.3) is 0 Å². The van der Waals surface area contributed by atoms with Crippen molar-refractivity contribution >= 4 is 17.2 Å². The van der Waals surface area contributed by atoms with Crippen molar-refractivity contribution in [1.29, 1.82) is 0 Å². The molecule has 1 aromatic carbocycles. The number of thiazole rings is 1. The lowest BCUT2D eigenvalue weighted by Crippen LogP contribution is -1.93. The Hall–Kier alpha value is -2.34. The maximum atomic E-state index is 13.7. The minimum atomic E-state index is -0.512. The molecule has 0 aliphatic carbocycles. The molecule has 3 rings (SSSR count). The third-order valence-electron chi connectivity index (χ3n) is 2.78. The number of rotatable bonds is 2. The summed E-state index contributed by atoms with van der Waals surface area (Å²) in [5, 5.41) is 2.29. The first-order valence-corrected chi connectivity index (χ1v) is 6.65. The van der Waals surface area contributed by atoms with Crippen LogP contribution in [-0.2, 0) is 0 Å². The summed E-state index contributed by atoms with van der Waals surface area (Å²) in [6, 6.07) is 6.82. The van der Waals surface area contributed by atoms with Crippen LogP contribution in [0.25, 0.3) is 21.8 Å². The number of pyridine rings is 1. The normalized spacial score (nSPS) is 10.7. The molecule has 0 unspecified atom stereocenters. The van der Waals surface area contributed by atoms with Crippen LogP contribution in [0.15, 0.2) is 41.9 Å². The molecule has 100 valence electrons. The van der Waals surface area contributed by atoms with Crippen LogP contribution in [0.3, 0.4) is 0 Å². The zero-order valence-corrected chi connectivity index (χ0v) is 11.0. The highest BCUT2D eigenvalue weighted by Crippen LogP contribution is 2.32. The fourth-order valence-corrected chi connectivity index (χ4v) is 2.67. The van der Waals surface area contributed by atoms with Crippen molar-refractivity contribution in [3.63, 3.8) is 0 Å². The molecule has 0 aliphatic rings. The summed E-state index contributed by atoms with van der Waals surface area (Å²) in [7, 11) is 0. The summed E-state index contributed by atoms with van der Waals surface area (Å²) in [4.78, 5) is 8.28. The van der Waals surface area contributed by atoms with E-state index in [1.807, 2.05) is 0 Å². The standard InChI is InChI=1S/C14H9F2N3S/c15-8-3-4-11(16)10(6-8)12-7-20-14(19-12)9-2-1-5-18-13(9)17/h1-7H,(H2,17,18). The molecular weight excluding hydrogens is 280 g/mol. The van der Waals surface area contributed by atoms with Crippen molar-refractivity contribution in [1.82, 2.24) is 9.97 Å². The predicted molar refractivity (Wildman–Crippen MR) is 75.1 cm³/mol. The second-order valence-electron chi connectivity index (χ2n) is 4.10. The molecular formula is C14H9F2N3S. The van der Waals surface area contributed by atoms with E-state index < -0.39 is 11.6 Å². The SMILES string of the molecule is Nc1ncccc1-c1nc(-c2cc(F)ccc2F)cs1. The van der Waals surface area contributed by atoms with Crippen molar-refractivity contribution in [2.45, 2.75) is 0 Å². The average Bonchev–Trinajstić information content (AvgIpc) is 2.91. The van der Waals surface area contributed by atoms with Gasteiger partial charge in [0.2, 0.25) is 0 Å². The van der Waals surface area contributed by atoms with Crippen molar-refractivity contribution in [2.24, 2.45) is 0 Å². The number of benzene rings is 1. The Labute approximate surface area is 117 Å². The van der Waals surface area contributed by atoms with E-state index in [4.69, 9.17) is 5.73 Å². The average molecular weight is 289 g/mol. The van der Waals surface area contributed by atoms with Gasteiger partial charge in [0.05, 0.1) is 11.3 Å². The largest absolute Gasteiger partial charge is 0.383 e. The number of nitrogen functional groups attached to an aromatic ring is 1. The third-order valence-corrected chi connectivity index (χ3v) is 3.65. The third kappa shape index (κ3) is 2.25. The molecule has 3 nitrogen and oxygen atoms in total. The van der Waals surface area contributed by atoms with Gasteiger partial charge in [0, 0.05) is 17.1 Å². The van der Waals surface area contributed by atoms with Crippen molar-refractivity contribution in [3.8, 4) is 21.8 Å². The van der Waals surface area contributed by atoms with Crippen LogP contribution in [0, 0.1) is 11.6 Å². The lowest BCUT2D eigenvalue weighted by atomic mass is 10.1. The minimum absolute atomic E-state index is 0.134. The van der Waals surface area contributed by atoms with Crippen LogP contribution < -0.4 is 5.73 Å². The van der Waals surface area contributed by atoms with Crippen LogP contribution in [0.1, 0.15) is 0 Å². The molecule has 0 bridgehead atoms. The molecule has 0 saturated heterocycles. The van der Waals surface area contributed by atoms with E-state index in [1.165, 1.54) is 11.3 Å². The van der Waals surface area contributed by atoms with Gasteiger partial charge in [-0.2, -0.15) is 0 Å². The Bertz CT molecular complexity index is 771. The summed E-state index contributed by atoms with van der Waals surface area (Å²) >= 11 is 1.31. The number of hydrogen-bond acceptors (Lipinski definition) is 4. The molecule has 2 aromatic heterocycles. The Morgan fingerprint density at radius 2 is 1.95 bits per heavy atom.